The highest BCUT2D eigenvalue weighted by Crippen LogP contribution is 2.64. The monoisotopic (exact) mass is 244 g/mol. The van der Waals surface area contributed by atoms with Crippen molar-refractivity contribution in [2.24, 2.45) is 0 Å². The molecule has 0 nitrogen and oxygen atoms in total. The number of hydrogen-bond donors (Lipinski definition) is 0. The molecule has 0 aromatic heterocycles. The summed E-state index contributed by atoms with van der Waals surface area (Å²) < 4.78 is 0.444. The maximum atomic E-state index is 5.82. The highest BCUT2D eigenvalue weighted by Gasteiger charge is 2.44. The van der Waals surface area contributed by atoms with Crippen molar-refractivity contribution >= 4 is 58.6 Å². The second kappa shape index (κ2) is 3.82. The lowest BCUT2D eigenvalue weighted by molar-refractivity contribution is 1.16. The van der Waals surface area contributed by atoms with Gasteiger partial charge in [0, 0.05) is 28.4 Å². The molecule has 5 heteroatoms. The third kappa shape index (κ3) is 1.96. The Morgan fingerprint density at radius 1 is 1.27 bits per heavy atom. The van der Waals surface area contributed by atoms with E-state index < -0.39 is 0 Å². The van der Waals surface area contributed by atoms with Gasteiger partial charge in [0.1, 0.15) is 0 Å². The number of thioether (sulfide) groups is 4. The standard InChI is InChI=1S/C6H9ClS4/c7-3-5-4-10-6(11-5)8-1-2-9-6/h5H,1-4H2. The van der Waals surface area contributed by atoms with Crippen molar-refractivity contribution < 1.29 is 0 Å². The van der Waals surface area contributed by atoms with Crippen molar-refractivity contribution in [2.45, 2.75) is 7.99 Å². The molecule has 0 radical (unpaired) electrons. The summed E-state index contributed by atoms with van der Waals surface area (Å²) in [6, 6.07) is 0. The number of hydrogen-bond acceptors (Lipinski definition) is 4. The van der Waals surface area contributed by atoms with Crippen LogP contribution < -0.4 is 0 Å². The van der Waals surface area contributed by atoms with E-state index in [4.69, 9.17) is 11.6 Å². The summed E-state index contributed by atoms with van der Waals surface area (Å²) in [4.78, 5) is 0. The molecule has 0 saturated carbocycles. The van der Waals surface area contributed by atoms with Crippen LogP contribution >= 0.6 is 58.6 Å². The summed E-state index contributed by atoms with van der Waals surface area (Å²) in [6.45, 7) is 0. The van der Waals surface area contributed by atoms with Crippen LogP contribution in [0.15, 0.2) is 0 Å². The molecule has 0 aromatic carbocycles. The summed E-state index contributed by atoms with van der Waals surface area (Å²) in [5.74, 6) is 4.70. The Balaban J connectivity index is 1.96. The van der Waals surface area contributed by atoms with E-state index in [0.29, 0.717) is 7.99 Å². The molecule has 0 bridgehead atoms. The quantitative estimate of drug-likeness (QED) is 0.650. The van der Waals surface area contributed by atoms with E-state index in [-0.39, 0.29) is 0 Å². The van der Waals surface area contributed by atoms with E-state index in [9.17, 15) is 0 Å². The fourth-order valence-corrected chi connectivity index (χ4v) is 9.27. The van der Waals surface area contributed by atoms with E-state index in [1.54, 1.807) is 0 Å². The molecule has 2 heterocycles. The van der Waals surface area contributed by atoms with Gasteiger partial charge in [-0.15, -0.1) is 58.6 Å². The minimum atomic E-state index is 0.444. The lowest BCUT2D eigenvalue weighted by Gasteiger charge is -2.18. The molecule has 2 fully saturated rings. The lowest BCUT2D eigenvalue weighted by Crippen LogP contribution is -2.04. The van der Waals surface area contributed by atoms with Gasteiger partial charge in [0.25, 0.3) is 0 Å². The van der Waals surface area contributed by atoms with E-state index in [2.05, 4.69) is 47.0 Å². The molecule has 0 N–H and O–H groups in total. The first-order chi connectivity index (χ1) is 5.35. The maximum absolute atomic E-state index is 5.82. The molecule has 2 aliphatic rings. The first kappa shape index (κ1) is 9.25. The van der Waals surface area contributed by atoms with Gasteiger partial charge in [-0.3, -0.25) is 0 Å². The fraction of sp³-hybridized carbons (Fsp3) is 1.00. The molecule has 0 aromatic rings. The van der Waals surface area contributed by atoms with Crippen LogP contribution in [0.25, 0.3) is 0 Å². The van der Waals surface area contributed by atoms with Gasteiger partial charge in [0.2, 0.25) is 0 Å². The Labute approximate surface area is 89.3 Å². The van der Waals surface area contributed by atoms with Gasteiger partial charge in [-0.2, -0.15) is 0 Å². The Bertz CT molecular complexity index is 146. The molecule has 1 unspecified atom stereocenters. The van der Waals surface area contributed by atoms with E-state index in [0.717, 1.165) is 5.88 Å². The molecule has 2 saturated heterocycles. The summed E-state index contributed by atoms with van der Waals surface area (Å²) in [7, 11) is 0. The Morgan fingerprint density at radius 2 is 2.00 bits per heavy atom. The Kier molecular flexibility index (Phi) is 3.22. The van der Waals surface area contributed by atoms with Crippen LogP contribution in [0.1, 0.15) is 0 Å². The minimum absolute atomic E-state index is 0.444. The normalized spacial score (nSPS) is 35.2. The molecule has 2 rings (SSSR count). The summed E-state index contributed by atoms with van der Waals surface area (Å²) in [6.07, 6.45) is 0. The highest BCUT2D eigenvalue weighted by molar-refractivity contribution is 8.50. The molecule has 64 valence electrons. The molecule has 1 spiro atoms. The summed E-state index contributed by atoms with van der Waals surface area (Å²) >= 11 is 14.2. The first-order valence-corrected chi connectivity index (χ1v) is 7.87. The maximum Gasteiger partial charge on any atom is 0.154 e. The number of alkyl halides is 1. The molecular formula is C6H9ClS4. The SMILES string of the molecule is ClCC1CSC2(SCCS2)S1. The van der Waals surface area contributed by atoms with Gasteiger partial charge in [-0.05, 0) is 0 Å². The zero-order chi connectivity index (χ0) is 7.73. The van der Waals surface area contributed by atoms with Gasteiger partial charge < -0.3 is 0 Å². The van der Waals surface area contributed by atoms with Crippen LogP contribution in [-0.4, -0.2) is 31.1 Å². The van der Waals surface area contributed by atoms with E-state index >= 15 is 0 Å². The van der Waals surface area contributed by atoms with Crippen LogP contribution in [0.4, 0.5) is 0 Å². The van der Waals surface area contributed by atoms with Crippen molar-refractivity contribution in [3.63, 3.8) is 0 Å². The molecule has 0 amide bonds. The summed E-state index contributed by atoms with van der Waals surface area (Å²) in [5.41, 5.74) is 0. The van der Waals surface area contributed by atoms with Gasteiger partial charge in [-0.25, -0.2) is 0 Å². The number of halogens is 1. The second-order valence-corrected chi connectivity index (χ2v) is 9.63. The second-order valence-electron chi connectivity index (χ2n) is 2.40. The third-order valence-corrected chi connectivity index (χ3v) is 10.0. The van der Waals surface area contributed by atoms with Crippen molar-refractivity contribution in [3.05, 3.63) is 0 Å². The van der Waals surface area contributed by atoms with Crippen molar-refractivity contribution in [1.29, 1.82) is 0 Å². The van der Waals surface area contributed by atoms with Crippen LogP contribution in [0.3, 0.4) is 0 Å². The molecule has 2 aliphatic heterocycles. The lowest BCUT2D eigenvalue weighted by atomic mass is 10.6. The predicted octanol–water partition coefficient (Wildman–Crippen LogP) is 3.17. The van der Waals surface area contributed by atoms with Gasteiger partial charge in [0.05, 0.1) is 0 Å². The van der Waals surface area contributed by atoms with Crippen LogP contribution in [-0.2, 0) is 0 Å². The molecule has 1 atom stereocenters. The Morgan fingerprint density at radius 3 is 2.55 bits per heavy atom. The van der Waals surface area contributed by atoms with Crippen LogP contribution in [0.5, 0.6) is 0 Å². The number of rotatable bonds is 1. The molecule has 0 aliphatic carbocycles. The first-order valence-electron chi connectivity index (χ1n) is 3.50. The van der Waals surface area contributed by atoms with Gasteiger partial charge in [-0.1, -0.05) is 0 Å². The topological polar surface area (TPSA) is 0 Å². The molecule has 11 heavy (non-hydrogen) atoms. The largest absolute Gasteiger partial charge is 0.154 e. The smallest absolute Gasteiger partial charge is 0.125 e. The zero-order valence-corrected chi connectivity index (χ0v) is 9.94. The molecular weight excluding hydrogens is 236 g/mol. The average molecular weight is 245 g/mol. The van der Waals surface area contributed by atoms with E-state index in [1.807, 2.05) is 0 Å². The van der Waals surface area contributed by atoms with Gasteiger partial charge in [0.15, 0.2) is 2.74 Å². The average Bonchev–Trinajstić information content (AvgIpc) is 2.62. The third-order valence-electron chi connectivity index (χ3n) is 1.57. The van der Waals surface area contributed by atoms with E-state index in [1.165, 1.54) is 17.3 Å². The van der Waals surface area contributed by atoms with Crippen molar-refractivity contribution in [3.8, 4) is 0 Å². The van der Waals surface area contributed by atoms with Gasteiger partial charge >= 0.3 is 0 Å². The Hall–Kier alpha value is 1.69. The minimum Gasteiger partial charge on any atom is -0.125 e. The zero-order valence-electron chi connectivity index (χ0n) is 5.92. The predicted molar refractivity (Wildman–Crippen MR) is 62.2 cm³/mol. The van der Waals surface area contributed by atoms with Crippen molar-refractivity contribution in [1.82, 2.24) is 0 Å². The van der Waals surface area contributed by atoms with Crippen LogP contribution in [0, 0.1) is 0 Å². The highest BCUT2D eigenvalue weighted by atomic mass is 35.5. The van der Waals surface area contributed by atoms with Crippen LogP contribution in [0.2, 0.25) is 0 Å². The summed E-state index contributed by atoms with van der Waals surface area (Å²) in [5, 5.41) is 0.694. The van der Waals surface area contributed by atoms with Crippen molar-refractivity contribution in [2.75, 3.05) is 23.1 Å². The fourth-order valence-electron chi connectivity index (χ4n) is 1.07.